The third-order valence-corrected chi connectivity index (χ3v) is 4.98. The molecule has 0 radical (unpaired) electrons. The lowest BCUT2D eigenvalue weighted by molar-refractivity contribution is -0.137. The van der Waals surface area contributed by atoms with E-state index in [1.54, 1.807) is 48.4 Å². The zero-order chi connectivity index (χ0) is 25.0. The molecule has 1 atom stereocenters. The smallest absolute Gasteiger partial charge is 0.417 e. The van der Waals surface area contributed by atoms with Crippen LogP contribution in [0, 0.1) is 0 Å². The molecule has 0 fully saturated rings. The van der Waals surface area contributed by atoms with Gasteiger partial charge in [-0.05, 0) is 23.8 Å². The van der Waals surface area contributed by atoms with Crippen LogP contribution in [0.15, 0.2) is 72.0 Å². The number of halogens is 4. The minimum atomic E-state index is -4.46. The first-order valence-corrected chi connectivity index (χ1v) is 10.5. The summed E-state index contributed by atoms with van der Waals surface area (Å²) >= 11 is 0. The van der Waals surface area contributed by atoms with Gasteiger partial charge in [0.25, 0.3) is 5.90 Å². The fraction of sp³-hybridized carbons (Fsp3) is 0.261. The van der Waals surface area contributed by atoms with Gasteiger partial charge in [0.2, 0.25) is 18.1 Å². The second kappa shape index (κ2) is 10.1. The minimum Gasteiger partial charge on any atom is -0.475 e. The number of pyridine rings is 1. The van der Waals surface area contributed by atoms with Crippen LogP contribution in [0.4, 0.5) is 17.6 Å². The van der Waals surface area contributed by atoms with Gasteiger partial charge in [0.05, 0.1) is 18.4 Å². The van der Waals surface area contributed by atoms with E-state index in [9.17, 15) is 22.7 Å². The lowest BCUT2D eigenvalue weighted by atomic mass is 10.1. The first-order valence-electron chi connectivity index (χ1n) is 10.5. The third kappa shape index (κ3) is 6.35. The highest BCUT2D eigenvalue weighted by Crippen LogP contribution is 2.30. The van der Waals surface area contributed by atoms with Crippen molar-refractivity contribution in [2.75, 3.05) is 6.61 Å². The molecule has 0 bridgehead atoms. The largest absolute Gasteiger partial charge is 0.475 e. The number of aliphatic hydroxyl groups is 1. The molecule has 0 amide bonds. The molecule has 2 aromatic heterocycles. The number of nitrogens with zero attached hydrogens (tertiary/aromatic N) is 5. The summed E-state index contributed by atoms with van der Waals surface area (Å²) in [5.74, 6) is -0.563. The first-order chi connectivity index (χ1) is 16.7. The van der Waals surface area contributed by atoms with Crippen LogP contribution in [-0.2, 0) is 30.9 Å². The number of ether oxygens (including phenoxy) is 2. The molecule has 1 N–H and O–H groups in total. The highest BCUT2D eigenvalue weighted by Gasteiger charge is 2.30. The maximum Gasteiger partial charge on any atom is 0.417 e. The van der Waals surface area contributed by atoms with E-state index in [0.717, 1.165) is 29.5 Å². The van der Waals surface area contributed by atoms with Crippen molar-refractivity contribution in [3.8, 4) is 11.6 Å². The van der Waals surface area contributed by atoms with Crippen molar-refractivity contribution in [3.05, 3.63) is 83.7 Å². The van der Waals surface area contributed by atoms with Crippen LogP contribution in [0.2, 0.25) is 0 Å². The number of hydrogen-bond donors (Lipinski definition) is 1. The van der Waals surface area contributed by atoms with Crippen molar-refractivity contribution in [2.45, 2.75) is 25.5 Å². The van der Waals surface area contributed by atoms with Crippen LogP contribution in [-0.4, -0.2) is 43.6 Å². The Kier molecular flexibility index (Phi) is 7.01. The molecule has 0 spiro atoms. The summed E-state index contributed by atoms with van der Waals surface area (Å²) in [6, 6.07) is 8.78. The van der Waals surface area contributed by atoms with E-state index in [1.165, 1.54) is 4.90 Å². The summed E-state index contributed by atoms with van der Waals surface area (Å²) in [6.07, 6.45) is -0.122. The van der Waals surface area contributed by atoms with Crippen molar-refractivity contribution in [2.24, 2.45) is 12.0 Å². The monoisotopic (exact) mass is 491 g/mol. The number of alkyl halides is 3. The van der Waals surface area contributed by atoms with Gasteiger partial charge in [-0.1, -0.05) is 12.1 Å². The number of rotatable bonds is 7. The van der Waals surface area contributed by atoms with Crippen LogP contribution >= 0.6 is 0 Å². The maximum atomic E-state index is 14.4. The molecule has 1 unspecified atom stereocenters. The van der Waals surface area contributed by atoms with Gasteiger partial charge in [0.1, 0.15) is 5.75 Å². The molecule has 184 valence electrons. The summed E-state index contributed by atoms with van der Waals surface area (Å²) in [7, 11) is 1.76. The van der Waals surface area contributed by atoms with Gasteiger partial charge in [-0.2, -0.15) is 27.7 Å². The van der Waals surface area contributed by atoms with E-state index >= 15 is 0 Å². The van der Waals surface area contributed by atoms with Crippen LogP contribution in [0.5, 0.6) is 11.6 Å². The number of aliphatic imine (C=N–C) groups is 1. The Morgan fingerprint density at radius 1 is 1.06 bits per heavy atom. The molecule has 35 heavy (non-hydrogen) atoms. The van der Waals surface area contributed by atoms with Crippen molar-refractivity contribution in [1.29, 1.82) is 0 Å². The molecule has 0 aliphatic carbocycles. The summed E-state index contributed by atoms with van der Waals surface area (Å²) < 4.78 is 64.7. The number of benzene rings is 1. The Morgan fingerprint density at radius 2 is 1.83 bits per heavy atom. The van der Waals surface area contributed by atoms with Crippen molar-refractivity contribution in [3.63, 3.8) is 0 Å². The van der Waals surface area contributed by atoms with Crippen LogP contribution < -0.4 is 4.74 Å². The molecule has 4 rings (SSSR count). The lowest BCUT2D eigenvalue weighted by Crippen LogP contribution is -2.34. The van der Waals surface area contributed by atoms with Gasteiger partial charge in [-0.25, -0.2) is 4.98 Å². The standard InChI is InChI=1S/C23H21F4N5O3/c1-31-12-16(10-29-31)13-32-14-19(24)21(30-22(32)33)34-9-8-15-2-5-18(6-3-15)35-20-7-4-17(11-28-20)23(25,26)27/h2-7,10-12,14,22,33H,8-9,13H2,1H3. The van der Waals surface area contributed by atoms with Gasteiger partial charge < -0.3 is 19.5 Å². The van der Waals surface area contributed by atoms with Gasteiger partial charge in [0.15, 0.2) is 0 Å². The number of aryl methyl sites for hydroxylation is 1. The fourth-order valence-corrected chi connectivity index (χ4v) is 3.22. The number of aromatic nitrogens is 3. The number of aliphatic hydroxyl groups excluding tert-OH is 1. The topological polar surface area (TPSA) is 85.0 Å². The Bertz CT molecular complexity index is 1210. The van der Waals surface area contributed by atoms with Gasteiger partial charge in [0, 0.05) is 50.2 Å². The molecule has 1 aliphatic heterocycles. The van der Waals surface area contributed by atoms with Crippen molar-refractivity contribution < 1.29 is 32.1 Å². The van der Waals surface area contributed by atoms with E-state index in [2.05, 4.69) is 15.1 Å². The molecular formula is C23H21F4N5O3. The molecule has 1 aliphatic rings. The number of hydrogen-bond acceptors (Lipinski definition) is 7. The zero-order valence-electron chi connectivity index (χ0n) is 18.5. The minimum absolute atomic E-state index is 0.0304. The van der Waals surface area contributed by atoms with Crippen LogP contribution in [0.25, 0.3) is 0 Å². The summed E-state index contributed by atoms with van der Waals surface area (Å²) in [5.41, 5.74) is 0.775. The molecule has 3 heterocycles. The first kappa shape index (κ1) is 24.2. The van der Waals surface area contributed by atoms with Gasteiger partial charge >= 0.3 is 6.18 Å². The summed E-state index contributed by atoms with van der Waals surface area (Å²) in [5, 5.41) is 14.2. The Morgan fingerprint density at radius 3 is 2.46 bits per heavy atom. The van der Waals surface area contributed by atoms with Crippen LogP contribution in [0.3, 0.4) is 0 Å². The highest BCUT2D eigenvalue weighted by molar-refractivity contribution is 5.91. The second-order valence-corrected chi connectivity index (χ2v) is 7.68. The molecule has 12 heteroatoms. The highest BCUT2D eigenvalue weighted by atomic mass is 19.4. The lowest BCUT2D eigenvalue weighted by Gasteiger charge is -2.27. The normalized spacial score (nSPS) is 16.1. The Labute approximate surface area is 197 Å². The van der Waals surface area contributed by atoms with E-state index in [1.807, 2.05) is 0 Å². The van der Waals surface area contributed by atoms with Crippen molar-refractivity contribution in [1.82, 2.24) is 19.7 Å². The second-order valence-electron chi connectivity index (χ2n) is 7.68. The summed E-state index contributed by atoms with van der Waals surface area (Å²) in [4.78, 5) is 8.85. The van der Waals surface area contributed by atoms with Crippen LogP contribution in [0.1, 0.15) is 16.7 Å². The van der Waals surface area contributed by atoms with E-state index < -0.39 is 23.9 Å². The molecular weight excluding hydrogens is 470 g/mol. The maximum absolute atomic E-state index is 14.4. The average molecular weight is 491 g/mol. The fourth-order valence-electron chi connectivity index (χ4n) is 3.22. The third-order valence-electron chi connectivity index (χ3n) is 4.98. The molecule has 0 saturated carbocycles. The Balaban J connectivity index is 1.26. The quantitative estimate of drug-likeness (QED) is 0.499. The Hall–Kier alpha value is -3.93. The SMILES string of the molecule is Cn1cc(CN2C=C(F)C(OCCc3ccc(Oc4ccc(C(F)(F)F)cn4)cc3)=NC2O)cn1. The molecule has 8 nitrogen and oxygen atoms in total. The predicted molar refractivity (Wildman–Crippen MR) is 117 cm³/mol. The van der Waals surface area contributed by atoms with Gasteiger partial charge in [-0.15, -0.1) is 0 Å². The van der Waals surface area contributed by atoms with E-state index in [-0.39, 0.29) is 24.9 Å². The van der Waals surface area contributed by atoms with Crippen molar-refractivity contribution >= 4 is 5.90 Å². The van der Waals surface area contributed by atoms with E-state index in [4.69, 9.17) is 9.47 Å². The molecule has 0 saturated heterocycles. The molecule has 1 aromatic carbocycles. The predicted octanol–water partition coefficient (Wildman–Crippen LogP) is 4.19. The van der Waals surface area contributed by atoms with E-state index in [0.29, 0.717) is 18.4 Å². The molecule has 3 aromatic rings. The summed E-state index contributed by atoms with van der Waals surface area (Å²) in [6.45, 7) is 0.339. The van der Waals surface area contributed by atoms with Gasteiger partial charge in [-0.3, -0.25) is 4.68 Å². The zero-order valence-corrected chi connectivity index (χ0v) is 18.5. The average Bonchev–Trinajstić information content (AvgIpc) is 3.22.